The van der Waals surface area contributed by atoms with Gasteiger partial charge in [-0.2, -0.15) is 0 Å². The molecule has 0 aliphatic carbocycles. The number of aryl methyl sites for hydroxylation is 1. The van der Waals surface area contributed by atoms with E-state index in [0.29, 0.717) is 30.3 Å². The van der Waals surface area contributed by atoms with Crippen molar-refractivity contribution in [3.05, 3.63) is 86.8 Å². The second-order valence-electron chi connectivity index (χ2n) is 7.11. The standard InChI is InChI=1S/C23H19NO3S/c1-15-4-6-16(7-5-15)11-21-22(25)18-8-9-20-19(23(18)27-21)13-24(14-26-20)12-17-3-2-10-28-17/h2-11H,12-14H2,1H3/b21-11-. The maximum absolute atomic E-state index is 12.8. The second kappa shape index (κ2) is 6.93. The van der Waals surface area contributed by atoms with E-state index in [1.54, 1.807) is 23.5 Å². The first kappa shape index (κ1) is 17.2. The topological polar surface area (TPSA) is 38.8 Å². The molecule has 4 nitrogen and oxygen atoms in total. The summed E-state index contributed by atoms with van der Waals surface area (Å²) in [5.41, 5.74) is 3.69. The third-order valence-corrected chi connectivity index (χ3v) is 5.88. The minimum Gasteiger partial charge on any atom is -0.478 e. The van der Waals surface area contributed by atoms with Crippen LogP contribution in [0.1, 0.15) is 31.9 Å². The Kier molecular flexibility index (Phi) is 4.26. The van der Waals surface area contributed by atoms with Gasteiger partial charge in [0.1, 0.15) is 18.2 Å². The van der Waals surface area contributed by atoms with Gasteiger partial charge in [0.25, 0.3) is 0 Å². The predicted octanol–water partition coefficient (Wildman–Crippen LogP) is 5.02. The quantitative estimate of drug-likeness (QED) is 0.589. The maximum Gasteiger partial charge on any atom is 0.231 e. The van der Waals surface area contributed by atoms with Gasteiger partial charge in [0.15, 0.2) is 5.76 Å². The molecule has 5 heteroatoms. The molecule has 0 unspecified atom stereocenters. The fourth-order valence-electron chi connectivity index (χ4n) is 3.54. The molecule has 0 saturated heterocycles. The number of rotatable bonds is 3. The van der Waals surface area contributed by atoms with Gasteiger partial charge >= 0.3 is 0 Å². The third-order valence-electron chi connectivity index (χ3n) is 5.02. The zero-order valence-corrected chi connectivity index (χ0v) is 16.3. The van der Waals surface area contributed by atoms with Gasteiger partial charge in [0, 0.05) is 18.0 Å². The van der Waals surface area contributed by atoms with Crippen LogP contribution >= 0.6 is 11.3 Å². The lowest BCUT2D eigenvalue weighted by molar-refractivity contribution is 0.0882. The molecular weight excluding hydrogens is 370 g/mol. The fraction of sp³-hybridized carbons (Fsp3) is 0.174. The van der Waals surface area contributed by atoms with Crippen LogP contribution in [0.2, 0.25) is 0 Å². The van der Waals surface area contributed by atoms with Crippen molar-refractivity contribution < 1.29 is 14.3 Å². The molecule has 0 radical (unpaired) electrons. The third kappa shape index (κ3) is 3.13. The fourth-order valence-corrected chi connectivity index (χ4v) is 4.29. The van der Waals surface area contributed by atoms with Crippen molar-refractivity contribution in [2.24, 2.45) is 0 Å². The Morgan fingerprint density at radius 2 is 2.00 bits per heavy atom. The summed E-state index contributed by atoms with van der Waals surface area (Å²) >= 11 is 1.73. The average molecular weight is 389 g/mol. The summed E-state index contributed by atoms with van der Waals surface area (Å²) in [6, 6.07) is 15.9. The van der Waals surface area contributed by atoms with Gasteiger partial charge in [-0.25, -0.2) is 0 Å². The van der Waals surface area contributed by atoms with Gasteiger partial charge < -0.3 is 9.47 Å². The largest absolute Gasteiger partial charge is 0.478 e. The Hall–Kier alpha value is -2.89. The molecule has 0 bridgehead atoms. The molecule has 0 N–H and O–H groups in total. The van der Waals surface area contributed by atoms with E-state index in [1.165, 1.54) is 10.4 Å². The molecule has 0 amide bonds. The highest BCUT2D eigenvalue weighted by molar-refractivity contribution is 7.09. The van der Waals surface area contributed by atoms with E-state index in [-0.39, 0.29) is 5.78 Å². The van der Waals surface area contributed by atoms with Crippen LogP contribution in [0.25, 0.3) is 6.08 Å². The molecule has 3 aromatic rings. The summed E-state index contributed by atoms with van der Waals surface area (Å²) in [5.74, 6) is 1.72. The number of carbonyl (C=O) groups is 1. The van der Waals surface area contributed by atoms with Gasteiger partial charge in [0.2, 0.25) is 5.78 Å². The van der Waals surface area contributed by atoms with Gasteiger partial charge in [-0.05, 0) is 42.1 Å². The smallest absolute Gasteiger partial charge is 0.231 e. The lowest BCUT2D eigenvalue weighted by Crippen LogP contribution is -2.31. The van der Waals surface area contributed by atoms with Crippen molar-refractivity contribution in [3.63, 3.8) is 0 Å². The first-order valence-electron chi connectivity index (χ1n) is 9.22. The van der Waals surface area contributed by atoms with Crippen LogP contribution in [0.15, 0.2) is 59.7 Å². The lowest BCUT2D eigenvalue weighted by atomic mass is 10.0. The number of hydrogen-bond donors (Lipinski definition) is 0. The molecule has 2 aliphatic heterocycles. The maximum atomic E-state index is 12.8. The number of hydrogen-bond acceptors (Lipinski definition) is 5. The normalized spacial score (nSPS) is 17.2. The number of ether oxygens (including phenoxy) is 2. The number of thiophene rings is 1. The van der Waals surface area contributed by atoms with Crippen molar-refractivity contribution in [1.82, 2.24) is 4.90 Å². The van der Waals surface area contributed by atoms with Crippen LogP contribution < -0.4 is 9.47 Å². The predicted molar refractivity (Wildman–Crippen MR) is 110 cm³/mol. The van der Waals surface area contributed by atoms with Crippen LogP contribution in [-0.2, 0) is 13.1 Å². The summed E-state index contributed by atoms with van der Waals surface area (Å²) in [6.45, 7) is 4.09. The first-order chi connectivity index (χ1) is 13.7. The molecule has 2 aliphatic rings. The molecule has 2 aromatic carbocycles. The van der Waals surface area contributed by atoms with Crippen LogP contribution in [0.5, 0.6) is 11.5 Å². The van der Waals surface area contributed by atoms with Crippen LogP contribution in [0.3, 0.4) is 0 Å². The highest BCUT2D eigenvalue weighted by Gasteiger charge is 2.33. The Balaban J connectivity index is 1.44. The van der Waals surface area contributed by atoms with E-state index >= 15 is 0 Å². The van der Waals surface area contributed by atoms with Gasteiger partial charge in [-0.3, -0.25) is 9.69 Å². The number of nitrogens with zero attached hydrogens (tertiary/aromatic N) is 1. The van der Waals surface area contributed by atoms with E-state index in [0.717, 1.165) is 23.4 Å². The SMILES string of the molecule is Cc1ccc(/C=C2\Oc3c(ccc4c3CN(Cc3cccs3)CO4)C2=O)cc1. The van der Waals surface area contributed by atoms with Crippen molar-refractivity contribution in [1.29, 1.82) is 0 Å². The average Bonchev–Trinajstić information content (AvgIpc) is 3.32. The van der Waals surface area contributed by atoms with E-state index in [9.17, 15) is 4.79 Å². The Labute approximate surface area is 167 Å². The van der Waals surface area contributed by atoms with E-state index in [2.05, 4.69) is 22.4 Å². The summed E-state index contributed by atoms with van der Waals surface area (Å²) < 4.78 is 12.0. The Bertz CT molecular complexity index is 1070. The van der Waals surface area contributed by atoms with Crippen molar-refractivity contribution in [3.8, 4) is 11.5 Å². The number of carbonyl (C=O) groups excluding carboxylic acids is 1. The van der Waals surface area contributed by atoms with Crippen LogP contribution in [0, 0.1) is 6.92 Å². The molecule has 0 atom stereocenters. The monoisotopic (exact) mass is 389 g/mol. The van der Waals surface area contributed by atoms with Gasteiger partial charge in [-0.1, -0.05) is 35.9 Å². The molecule has 0 fully saturated rings. The number of allylic oxidation sites excluding steroid dienone is 1. The second-order valence-corrected chi connectivity index (χ2v) is 8.14. The molecule has 5 rings (SSSR count). The zero-order chi connectivity index (χ0) is 19.1. The molecule has 0 spiro atoms. The summed E-state index contributed by atoms with van der Waals surface area (Å²) in [7, 11) is 0. The summed E-state index contributed by atoms with van der Waals surface area (Å²) in [6.07, 6.45) is 1.81. The lowest BCUT2D eigenvalue weighted by Gasteiger charge is -2.29. The zero-order valence-electron chi connectivity index (χ0n) is 15.5. The number of benzene rings is 2. The molecule has 28 heavy (non-hydrogen) atoms. The molecule has 1 aromatic heterocycles. The summed E-state index contributed by atoms with van der Waals surface area (Å²) in [5, 5.41) is 2.08. The highest BCUT2D eigenvalue weighted by atomic mass is 32.1. The number of Topliss-reactive ketones (excluding diaryl/α,β-unsaturated/α-hetero) is 1. The minimum absolute atomic E-state index is 0.0752. The first-order valence-corrected chi connectivity index (χ1v) is 10.1. The molecule has 3 heterocycles. The van der Waals surface area contributed by atoms with Crippen LogP contribution in [-0.4, -0.2) is 17.4 Å². The van der Waals surface area contributed by atoms with E-state index in [4.69, 9.17) is 9.47 Å². The molecule has 0 saturated carbocycles. The minimum atomic E-state index is -0.0752. The Morgan fingerprint density at radius 1 is 1.14 bits per heavy atom. The molecule has 140 valence electrons. The van der Waals surface area contributed by atoms with Gasteiger partial charge in [0.05, 0.1) is 11.1 Å². The van der Waals surface area contributed by atoms with Gasteiger partial charge in [-0.15, -0.1) is 11.3 Å². The number of ketones is 1. The number of fused-ring (bicyclic) bond motifs is 3. The Morgan fingerprint density at radius 3 is 2.79 bits per heavy atom. The van der Waals surface area contributed by atoms with E-state index < -0.39 is 0 Å². The van der Waals surface area contributed by atoms with Crippen molar-refractivity contribution in [2.75, 3.05) is 6.73 Å². The van der Waals surface area contributed by atoms with Crippen LogP contribution in [0.4, 0.5) is 0 Å². The summed E-state index contributed by atoms with van der Waals surface area (Å²) in [4.78, 5) is 16.3. The highest BCUT2D eigenvalue weighted by Crippen LogP contribution is 2.42. The van der Waals surface area contributed by atoms with Crippen molar-refractivity contribution >= 4 is 23.2 Å². The van der Waals surface area contributed by atoms with Crippen molar-refractivity contribution in [2.45, 2.75) is 20.0 Å². The molecular formula is C23H19NO3S. The van der Waals surface area contributed by atoms with E-state index in [1.807, 2.05) is 37.3 Å².